The molecule has 1 aromatic heterocycles. The van der Waals surface area contributed by atoms with Crippen LogP contribution < -0.4 is 29.6 Å². The quantitative estimate of drug-likeness (QED) is 0.212. The summed E-state index contributed by atoms with van der Waals surface area (Å²) in [4.78, 5) is 28.7. The van der Waals surface area contributed by atoms with Crippen LogP contribution in [0.5, 0.6) is 0 Å². The molecule has 3 rings (SSSR count). The van der Waals surface area contributed by atoms with Gasteiger partial charge in [-0.2, -0.15) is 16.8 Å². The number of hydrogen-bond acceptors (Lipinski definition) is 7. The summed E-state index contributed by atoms with van der Waals surface area (Å²) in [5, 5.41) is 0. The second kappa shape index (κ2) is 7.03. The number of rotatable bonds is 4. The van der Waals surface area contributed by atoms with E-state index in [0.717, 1.165) is 29.6 Å². The Bertz CT molecular complexity index is 992. The van der Waals surface area contributed by atoms with Crippen molar-refractivity contribution in [2.24, 2.45) is 0 Å². The van der Waals surface area contributed by atoms with E-state index in [-0.39, 0.29) is 49.6 Å². The number of aromatic nitrogens is 2. The molecular formula is C11H13N4NaO8S2. The third-order valence-corrected chi connectivity index (χ3v) is 5.70. The van der Waals surface area contributed by atoms with Crippen molar-refractivity contribution in [3.63, 3.8) is 0 Å². The number of imidazole rings is 1. The standard InChI is InChI=1S/C11H12N4O8S2.Na.H/c16-9(2-1-7-5-12-6-14(7)24(18,19)20)13-4-3-8-10(13)11(17)15(8)25(21,22)23;;/h1-2,5-6,8,10H,3-4H2,(H,18,19,20)(H,21,22,23);;/q;+1;-1/t8-,10+;;/m1../s1. The van der Waals surface area contributed by atoms with Gasteiger partial charge in [0, 0.05) is 12.6 Å². The third kappa shape index (κ3) is 3.58. The molecule has 26 heavy (non-hydrogen) atoms. The third-order valence-electron chi connectivity index (χ3n) is 3.95. The summed E-state index contributed by atoms with van der Waals surface area (Å²) in [5.41, 5.74) is -0.0916. The zero-order chi connectivity index (χ0) is 18.6. The first-order valence-corrected chi connectivity index (χ1v) is 9.61. The van der Waals surface area contributed by atoms with Crippen molar-refractivity contribution in [3.8, 4) is 0 Å². The van der Waals surface area contributed by atoms with E-state index in [2.05, 4.69) is 4.98 Å². The van der Waals surface area contributed by atoms with Crippen molar-refractivity contribution in [3.05, 3.63) is 24.3 Å². The van der Waals surface area contributed by atoms with E-state index < -0.39 is 44.5 Å². The predicted octanol–water partition coefficient (Wildman–Crippen LogP) is -4.72. The molecule has 12 nitrogen and oxygen atoms in total. The Balaban J connectivity index is 0.00000182. The second-order valence-electron chi connectivity index (χ2n) is 5.37. The molecule has 0 saturated carbocycles. The van der Waals surface area contributed by atoms with Crippen LogP contribution in [0, 0.1) is 0 Å². The Morgan fingerprint density at radius 3 is 2.50 bits per heavy atom. The Labute approximate surface area is 172 Å². The van der Waals surface area contributed by atoms with Crippen LogP contribution in [-0.2, 0) is 30.2 Å². The summed E-state index contributed by atoms with van der Waals surface area (Å²) in [6.07, 6.45) is 4.17. The summed E-state index contributed by atoms with van der Waals surface area (Å²) >= 11 is 0. The topological polar surface area (TPSA) is 167 Å². The van der Waals surface area contributed by atoms with Crippen LogP contribution in [0.1, 0.15) is 13.5 Å². The first-order valence-electron chi connectivity index (χ1n) is 6.81. The number of amides is 2. The van der Waals surface area contributed by atoms with Gasteiger partial charge < -0.3 is 6.33 Å². The Kier molecular flexibility index (Phi) is 5.68. The van der Waals surface area contributed by atoms with Gasteiger partial charge in [0.15, 0.2) is 0 Å². The molecule has 2 N–H and O–H groups in total. The Morgan fingerprint density at radius 2 is 1.92 bits per heavy atom. The van der Waals surface area contributed by atoms with Crippen molar-refractivity contribution < 1.29 is 66.5 Å². The molecule has 2 amide bonds. The van der Waals surface area contributed by atoms with Crippen LogP contribution in [-0.4, -0.2) is 74.5 Å². The fraction of sp³-hybridized carbons (Fsp3) is 0.364. The minimum atomic E-state index is -4.67. The average Bonchev–Trinajstić information content (AvgIpc) is 3.06. The van der Waals surface area contributed by atoms with Gasteiger partial charge in [-0.1, -0.05) is 0 Å². The Morgan fingerprint density at radius 1 is 1.27 bits per heavy atom. The summed E-state index contributed by atoms with van der Waals surface area (Å²) in [7, 11) is -9.24. The molecule has 2 saturated heterocycles. The monoisotopic (exact) mass is 416 g/mol. The number of nitrogens with zero attached hydrogens (tertiary/aromatic N) is 4. The second-order valence-corrected chi connectivity index (χ2v) is 7.95. The van der Waals surface area contributed by atoms with E-state index >= 15 is 0 Å². The molecule has 0 unspecified atom stereocenters. The van der Waals surface area contributed by atoms with Crippen LogP contribution in [0.3, 0.4) is 0 Å². The largest absolute Gasteiger partial charge is 1.00 e. The molecule has 2 aliphatic heterocycles. The van der Waals surface area contributed by atoms with Gasteiger partial charge >= 0.3 is 50.2 Å². The van der Waals surface area contributed by atoms with E-state index in [1.54, 1.807) is 0 Å². The molecule has 0 aromatic carbocycles. The zero-order valence-electron chi connectivity index (χ0n) is 14.3. The van der Waals surface area contributed by atoms with E-state index in [1.165, 1.54) is 0 Å². The van der Waals surface area contributed by atoms with Gasteiger partial charge in [0.1, 0.15) is 12.4 Å². The van der Waals surface area contributed by atoms with Gasteiger partial charge in [-0.3, -0.25) is 18.7 Å². The van der Waals surface area contributed by atoms with Crippen molar-refractivity contribution in [2.75, 3.05) is 6.54 Å². The number of carbonyl (C=O) groups excluding carboxylic acids is 2. The van der Waals surface area contributed by atoms with Crippen LogP contribution in [0.4, 0.5) is 0 Å². The van der Waals surface area contributed by atoms with E-state index in [0.29, 0.717) is 8.28 Å². The summed E-state index contributed by atoms with van der Waals surface area (Å²) in [6, 6.07) is -1.81. The van der Waals surface area contributed by atoms with Gasteiger partial charge in [-0.15, -0.1) is 0 Å². The number of carbonyl (C=O) groups is 2. The van der Waals surface area contributed by atoms with Gasteiger partial charge in [0.25, 0.3) is 5.91 Å². The van der Waals surface area contributed by atoms with Crippen LogP contribution >= 0.6 is 0 Å². The maximum absolute atomic E-state index is 12.2. The first kappa shape index (κ1) is 21.0. The Hall–Kier alpha value is -1.29. The molecule has 138 valence electrons. The van der Waals surface area contributed by atoms with Crippen LogP contribution in [0.25, 0.3) is 6.08 Å². The smallest absolute Gasteiger partial charge is 1.00 e. The fourth-order valence-corrected chi connectivity index (χ4v) is 4.36. The fourth-order valence-electron chi connectivity index (χ4n) is 2.92. The molecule has 2 fully saturated rings. The van der Waals surface area contributed by atoms with Gasteiger partial charge in [0.2, 0.25) is 5.91 Å². The molecule has 1 aromatic rings. The van der Waals surface area contributed by atoms with Crippen molar-refractivity contribution >= 4 is 38.5 Å². The minimum Gasteiger partial charge on any atom is -1.00 e. The van der Waals surface area contributed by atoms with Gasteiger partial charge in [-0.05, 0) is 12.5 Å². The molecule has 3 heterocycles. The maximum Gasteiger partial charge on any atom is 1.00 e. The minimum absolute atomic E-state index is 0. The average molecular weight is 416 g/mol. The number of hydrogen-bond donors (Lipinski definition) is 2. The number of fused-ring (bicyclic) bond motifs is 1. The molecule has 0 aliphatic carbocycles. The van der Waals surface area contributed by atoms with Gasteiger partial charge in [0.05, 0.1) is 17.9 Å². The summed E-state index contributed by atoms with van der Waals surface area (Å²) in [5.74, 6) is -1.56. The maximum atomic E-state index is 12.2. The van der Waals surface area contributed by atoms with Crippen LogP contribution in [0.2, 0.25) is 0 Å². The predicted molar refractivity (Wildman–Crippen MR) is 81.6 cm³/mol. The number of likely N-dealkylation sites (tertiary alicyclic amines) is 1. The van der Waals surface area contributed by atoms with Crippen molar-refractivity contribution in [1.82, 2.24) is 18.2 Å². The SMILES string of the molecule is O=C(C=Cc1cncn1S(=O)(=O)O)N1CC[C@@H]2[C@H]1C(=O)N2S(=O)(=O)O.[H-].[Na+]. The number of β-lactam (4-membered cyclic amide) rings is 1. The normalized spacial score (nSPS) is 22.9. The molecule has 2 aliphatic rings. The molecule has 0 radical (unpaired) electrons. The molecular weight excluding hydrogens is 403 g/mol. The van der Waals surface area contributed by atoms with Gasteiger partial charge in [-0.25, -0.2) is 13.3 Å². The summed E-state index contributed by atoms with van der Waals surface area (Å²) in [6.45, 7) is 0.0911. The van der Waals surface area contributed by atoms with E-state index in [9.17, 15) is 26.4 Å². The summed E-state index contributed by atoms with van der Waals surface area (Å²) < 4.78 is 63.2. The zero-order valence-corrected chi connectivity index (χ0v) is 17.0. The van der Waals surface area contributed by atoms with Crippen LogP contribution in [0.15, 0.2) is 18.6 Å². The van der Waals surface area contributed by atoms with E-state index in [1.807, 2.05) is 0 Å². The van der Waals surface area contributed by atoms with Crippen molar-refractivity contribution in [2.45, 2.75) is 18.5 Å². The molecule has 0 bridgehead atoms. The molecule has 15 heteroatoms. The van der Waals surface area contributed by atoms with E-state index in [4.69, 9.17) is 9.11 Å². The van der Waals surface area contributed by atoms with Crippen molar-refractivity contribution in [1.29, 1.82) is 0 Å². The molecule has 0 spiro atoms. The molecule has 2 atom stereocenters. The first-order chi connectivity index (χ1) is 11.5.